The van der Waals surface area contributed by atoms with E-state index >= 15 is 0 Å². The Labute approximate surface area is 114 Å². The fraction of sp³-hybridized carbons (Fsp3) is 0.214. The van der Waals surface area contributed by atoms with Gasteiger partial charge in [-0.05, 0) is 31.5 Å². The summed E-state index contributed by atoms with van der Waals surface area (Å²) < 4.78 is 0. The zero-order valence-electron chi connectivity index (χ0n) is 11.2. The molecule has 0 aromatic carbocycles. The summed E-state index contributed by atoms with van der Waals surface area (Å²) in [5.74, 6) is -0.347. The van der Waals surface area contributed by atoms with Crippen LogP contribution in [0.15, 0.2) is 34.0 Å². The van der Waals surface area contributed by atoms with Gasteiger partial charge >= 0.3 is 0 Å². The van der Waals surface area contributed by atoms with Crippen LogP contribution in [0.1, 0.15) is 27.2 Å². The summed E-state index contributed by atoms with van der Waals surface area (Å²) in [7, 11) is 0. The van der Waals surface area contributed by atoms with Crippen LogP contribution in [0, 0.1) is 13.8 Å². The molecular formula is C14H15N3O3. The molecule has 0 saturated heterocycles. The van der Waals surface area contributed by atoms with Crippen LogP contribution in [0.4, 0.5) is 0 Å². The lowest BCUT2D eigenvalue weighted by Gasteiger charge is -2.08. The van der Waals surface area contributed by atoms with Crippen molar-refractivity contribution in [2.45, 2.75) is 20.4 Å². The molecule has 2 aromatic heterocycles. The monoisotopic (exact) mass is 273 g/mol. The Bertz CT molecular complexity index is 738. The van der Waals surface area contributed by atoms with E-state index < -0.39 is 0 Å². The van der Waals surface area contributed by atoms with E-state index in [0.717, 1.165) is 11.3 Å². The Kier molecular flexibility index (Phi) is 3.84. The van der Waals surface area contributed by atoms with Crippen molar-refractivity contribution in [2.24, 2.45) is 0 Å². The molecule has 0 saturated carbocycles. The number of nitrogens with one attached hydrogen (secondary N) is 3. The molecule has 1 amide bonds. The number of pyridine rings is 2. The second-order valence-electron chi connectivity index (χ2n) is 4.57. The molecule has 3 N–H and O–H groups in total. The van der Waals surface area contributed by atoms with E-state index in [1.165, 1.54) is 18.3 Å². The van der Waals surface area contributed by atoms with Gasteiger partial charge in [0.1, 0.15) is 0 Å². The third-order valence-electron chi connectivity index (χ3n) is 2.97. The first kappa shape index (κ1) is 13.8. The average molecular weight is 273 g/mol. The van der Waals surface area contributed by atoms with Crippen molar-refractivity contribution in [3.63, 3.8) is 0 Å². The largest absolute Gasteiger partial charge is 0.348 e. The van der Waals surface area contributed by atoms with Crippen LogP contribution < -0.4 is 16.4 Å². The molecule has 0 aliphatic rings. The van der Waals surface area contributed by atoms with Crippen molar-refractivity contribution in [3.05, 3.63) is 67.5 Å². The zero-order chi connectivity index (χ0) is 14.7. The first-order valence-corrected chi connectivity index (χ1v) is 6.13. The molecule has 0 bridgehead atoms. The number of carbonyl (C=O) groups is 1. The highest BCUT2D eigenvalue weighted by Gasteiger charge is 2.09. The fourth-order valence-corrected chi connectivity index (χ4v) is 1.92. The highest BCUT2D eigenvalue weighted by molar-refractivity contribution is 5.93. The Morgan fingerprint density at radius 2 is 2.00 bits per heavy atom. The van der Waals surface area contributed by atoms with Gasteiger partial charge in [-0.2, -0.15) is 0 Å². The molecule has 0 spiro atoms. The van der Waals surface area contributed by atoms with Gasteiger partial charge in [-0.3, -0.25) is 14.4 Å². The smallest absolute Gasteiger partial charge is 0.253 e. The van der Waals surface area contributed by atoms with Gasteiger partial charge in [-0.15, -0.1) is 0 Å². The number of aryl methyl sites for hydroxylation is 2. The maximum Gasteiger partial charge on any atom is 0.253 e. The minimum atomic E-state index is -0.347. The maximum atomic E-state index is 11.9. The van der Waals surface area contributed by atoms with Crippen molar-refractivity contribution in [3.8, 4) is 0 Å². The summed E-state index contributed by atoms with van der Waals surface area (Å²) in [6.45, 7) is 3.76. The van der Waals surface area contributed by atoms with Crippen molar-refractivity contribution in [2.75, 3.05) is 0 Å². The van der Waals surface area contributed by atoms with E-state index in [4.69, 9.17) is 0 Å². The SMILES string of the molecule is Cc1cc(C)c(CNC(=O)c2ccc(=O)[nH]c2)c(=O)[nH]1. The fourth-order valence-electron chi connectivity index (χ4n) is 1.92. The highest BCUT2D eigenvalue weighted by atomic mass is 16.2. The van der Waals surface area contributed by atoms with Gasteiger partial charge in [0.15, 0.2) is 0 Å². The number of hydrogen-bond acceptors (Lipinski definition) is 3. The molecule has 20 heavy (non-hydrogen) atoms. The van der Waals surface area contributed by atoms with Crippen molar-refractivity contribution in [1.29, 1.82) is 0 Å². The predicted molar refractivity (Wildman–Crippen MR) is 74.8 cm³/mol. The van der Waals surface area contributed by atoms with Crippen LogP contribution in [-0.2, 0) is 6.54 Å². The van der Waals surface area contributed by atoms with Gasteiger partial charge in [0.2, 0.25) is 5.56 Å². The van der Waals surface area contributed by atoms with Crippen molar-refractivity contribution >= 4 is 5.91 Å². The summed E-state index contributed by atoms with van der Waals surface area (Å²) in [6, 6.07) is 4.56. The second kappa shape index (κ2) is 5.56. The van der Waals surface area contributed by atoms with E-state index in [1.807, 2.05) is 13.0 Å². The number of aromatic nitrogens is 2. The van der Waals surface area contributed by atoms with Gasteiger partial charge in [0, 0.05) is 30.1 Å². The summed E-state index contributed by atoms with van der Waals surface area (Å²) >= 11 is 0. The molecule has 104 valence electrons. The number of hydrogen-bond donors (Lipinski definition) is 3. The maximum absolute atomic E-state index is 11.9. The lowest BCUT2D eigenvalue weighted by molar-refractivity contribution is 0.0950. The molecule has 2 aromatic rings. The number of H-pyrrole nitrogens is 2. The third-order valence-corrected chi connectivity index (χ3v) is 2.97. The van der Waals surface area contributed by atoms with Crippen LogP contribution >= 0.6 is 0 Å². The summed E-state index contributed by atoms with van der Waals surface area (Å²) in [4.78, 5) is 39.7. The van der Waals surface area contributed by atoms with Gasteiger partial charge in [-0.1, -0.05) is 0 Å². The second-order valence-corrected chi connectivity index (χ2v) is 4.57. The number of aromatic amines is 2. The number of amides is 1. The van der Waals surface area contributed by atoms with E-state index in [9.17, 15) is 14.4 Å². The van der Waals surface area contributed by atoms with Crippen molar-refractivity contribution in [1.82, 2.24) is 15.3 Å². The Hall–Kier alpha value is -2.63. The summed E-state index contributed by atoms with van der Waals surface area (Å²) in [5, 5.41) is 2.65. The molecule has 0 aliphatic heterocycles. The Morgan fingerprint density at radius 3 is 2.60 bits per heavy atom. The molecule has 0 unspecified atom stereocenters. The topological polar surface area (TPSA) is 94.8 Å². The molecule has 0 aliphatic carbocycles. The zero-order valence-corrected chi connectivity index (χ0v) is 11.2. The van der Waals surface area contributed by atoms with Gasteiger partial charge < -0.3 is 15.3 Å². The quantitative estimate of drug-likeness (QED) is 0.764. The van der Waals surface area contributed by atoms with Crippen LogP contribution in [0.2, 0.25) is 0 Å². The minimum absolute atomic E-state index is 0.138. The van der Waals surface area contributed by atoms with E-state index in [0.29, 0.717) is 11.1 Å². The van der Waals surface area contributed by atoms with E-state index in [-0.39, 0.29) is 23.6 Å². The van der Waals surface area contributed by atoms with E-state index in [1.54, 1.807) is 6.92 Å². The lowest BCUT2D eigenvalue weighted by Crippen LogP contribution is -2.28. The number of rotatable bonds is 3. The van der Waals surface area contributed by atoms with Crippen LogP contribution in [0.5, 0.6) is 0 Å². The predicted octanol–water partition coefficient (Wildman–Crippen LogP) is 0.610. The molecule has 6 nitrogen and oxygen atoms in total. The Morgan fingerprint density at radius 1 is 1.25 bits per heavy atom. The van der Waals surface area contributed by atoms with Crippen molar-refractivity contribution < 1.29 is 4.79 Å². The van der Waals surface area contributed by atoms with Gasteiger partial charge in [0.05, 0.1) is 5.56 Å². The van der Waals surface area contributed by atoms with Gasteiger partial charge in [-0.25, -0.2) is 0 Å². The average Bonchev–Trinajstić information content (AvgIpc) is 2.38. The first-order chi connectivity index (χ1) is 9.47. The molecule has 0 fully saturated rings. The molecule has 0 radical (unpaired) electrons. The normalized spacial score (nSPS) is 10.3. The third kappa shape index (κ3) is 3.03. The molecule has 6 heteroatoms. The highest BCUT2D eigenvalue weighted by Crippen LogP contribution is 2.03. The lowest BCUT2D eigenvalue weighted by atomic mass is 10.1. The Balaban J connectivity index is 2.13. The number of carbonyl (C=O) groups excluding carboxylic acids is 1. The van der Waals surface area contributed by atoms with Crippen LogP contribution in [0.25, 0.3) is 0 Å². The summed E-state index contributed by atoms with van der Waals surface area (Å²) in [6.07, 6.45) is 1.34. The van der Waals surface area contributed by atoms with E-state index in [2.05, 4.69) is 15.3 Å². The molecule has 2 heterocycles. The molecule has 0 atom stereocenters. The molecular weight excluding hydrogens is 258 g/mol. The van der Waals surface area contributed by atoms with Crippen LogP contribution in [-0.4, -0.2) is 15.9 Å². The standard InChI is InChI=1S/C14H15N3O3/c1-8-5-9(2)17-14(20)11(8)7-16-13(19)10-3-4-12(18)15-6-10/h3-6H,7H2,1-2H3,(H,15,18)(H,16,19)(H,17,20). The first-order valence-electron chi connectivity index (χ1n) is 6.13. The minimum Gasteiger partial charge on any atom is -0.348 e. The van der Waals surface area contributed by atoms with Crippen LogP contribution in [0.3, 0.4) is 0 Å². The molecule has 2 rings (SSSR count). The van der Waals surface area contributed by atoms with Gasteiger partial charge in [0.25, 0.3) is 11.5 Å². The summed E-state index contributed by atoms with van der Waals surface area (Å²) in [5.41, 5.74) is 1.99.